The highest BCUT2D eigenvalue weighted by Gasteiger charge is 2.30. The first-order chi connectivity index (χ1) is 15.5. The second-order valence-corrected chi connectivity index (χ2v) is 10.3. The molecule has 0 bridgehead atoms. The smallest absolute Gasteiger partial charge is 0.252 e. The zero-order valence-electron chi connectivity index (χ0n) is 18.2. The summed E-state index contributed by atoms with van der Waals surface area (Å²) in [5.41, 5.74) is 7.85. The van der Waals surface area contributed by atoms with Crippen LogP contribution in [0.5, 0.6) is 0 Å². The van der Waals surface area contributed by atoms with Gasteiger partial charge in [-0.1, -0.05) is 45.7 Å². The van der Waals surface area contributed by atoms with Crippen LogP contribution in [0.4, 0.5) is 0 Å². The first-order valence-corrected chi connectivity index (χ1v) is 12.4. The number of hydrogen-bond acceptors (Lipinski definition) is 3. The third-order valence-corrected chi connectivity index (χ3v) is 7.33. The van der Waals surface area contributed by atoms with Gasteiger partial charge in [0.15, 0.2) is 0 Å². The third kappa shape index (κ3) is 4.44. The second kappa shape index (κ2) is 9.14. The average molecular weight is 513 g/mol. The molecule has 1 heterocycles. The molecule has 2 aromatic carbocycles. The Labute approximate surface area is 202 Å². The summed E-state index contributed by atoms with van der Waals surface area (Å²) in [5, 5.41) is 7.42. The van der Waals surface area contributed by atoms with Crippen LogP contribution >= 0.6 is 27.5 Å². The van der Waals surface area contributed by atoms with Crippen LogP contribution in [-0.2, 0) is 17.6 Å². The minimum Gasteiger partial charge on any atom is -0.351 e. The summed E-state index contributed by atoms with van der Waals surface area (Å²) in [6, 6.07) is 12.8. The number of halogens is 2. The molecule has 2 aromatic rings. The molecule has 4 nitrogen and oxygen atoms in total. The Morgan fingerprint density at radius 1 is 1.22 bits per heavy atom. The first kappa shape index (κ1) is 21.9. The molecule has 1 aliphatic heterocycles. The molecule has 1 amide bonds. The van der Waals surface area contributed by atoms with E-state index >= 15 is 0 Å². The number of amides is 1. The lowest BCUT2D eigenvalue weighted by molar-refractivity contribution is -0.115. The summed E-state index contributed by atoms with van der Waals surface area (Å²) >= 11 is 9.80. The number of carbonyl (C=O) groups excluding carboxylic acids is 1. The molecule has 1 saturated heterocycles. The van der Waals surface area contributed by atoms with E-state index in [-0.39, 0.29) is 5.91 Å². The second-order valence-electron chi connectivity index (χ2n) is 8.93. The Hall–Kier alpha value is -1.92. The molecule has 1 atom stereocenters. The maximum Gasteiger partial charge on any atom is 0.252 e. The van der Waals surface area contributed by atoms with E-state index in [1.165, 1.54) is 16.7 Å². The van der Waals surface area contributed by atoms with Crippen molar-refractivity contribution in [3.8, 4) is 0 Å². The van der Waals surface area contributed by atoms with E-state index in [1.54, 1.807) is 0 Å². The highest BCUT2D eigenvalue weighted by molar-refractivity contribution is 9.10. The number of benzene rings is 2. The molecule has 0 unspecified atom stereocenters. The molecule has 0 spiro atoms. The summed E-state index contributed by atoms with van der Waals surface area (Å²) < 4.78 is 1.04. The highest BCUT2D eigenvalue weighted by Crippen LogP contribution is 2.42. The lowest BCUT2D eigenvalue weighted by Crippen LogP contribution is -2.50. The zero-order valence-corrected chi connectivity index (χ0v) is 20.5. The van der Waals surface area contributed by atoms with Gasteiger partial charge in [-0.3, -0.25) is 9.69 Å². The third-order valence-electron chi connectivity index (χ3n) is 6.61. The number of hydrogen-bond donors (Lipinski definition) is 2. The molecule has 166 valence electrons. The van der Waals surface area contributed by atoms with Crippen molar-refractivity contribution in [3.63, 3.8) is 0 Å². The van der Waals surface area contributed by atoms with Crippen molar-refractivity contribution < 1.29 is 4.79 Å². The van der Waals surface area contributed by atoms with Gasteiger partial charge in [0.25, 0.3) is 5.91 Å². The molecule has 2 N–H and O–H groups in total. The number of piperazine rings is 1. The van der Waals surface area contributed by atoms with Gasteiger partial charge in [0.05, 0.1) is 5.57 Å². The summed E-state index contributed by atoms with van der Waals surface area (Å²) in [4.78, 5) is 15.8. The van der Waals surface area contributed by atoms with E-state index in [1.807, 2.05) is 18.2 Å². The largest absolute Gasteiger partial charge is 0.351 e. The summed E-state index contributed by atoms with van der Waals surface area (Å²) in [7, 11) is 0. The Morgan fingerprint density at radius 3 is 2.94 bits per heavy atom. The van der Waals surface area contributed by atoms with E-state index in [4.69, 9.17) is 11.6 Å². The van der Waals surface area contributed by atoms with Crippen molar-refractivity contribution in [1.29, 1.82) is 0 Å². The van der Waals surface area contributed by atoms with Crippen molar-refractivity contribution in [1.82, 2.24) is 15.5 Å². The van der Waals surface area contributed by atoms with Crippen LogP contribution in [0.3, 0.4) is 0 Å². The fraction of sp³-hybridized carbons (Fsp3) is 0.346. The van der Waals surface area contributed by atoms with Crippen molar-refractivity contribution in [3.05, 3.63) is 79.3 Å². The normalized spacial score (nSPS) is 20.2. The minimum absolute atomic E-state index is 0.0270. The Kier molecular flexibility index (Phi) is 6.26. The van der Waals surface area contributed by atoms with E-state index in [0.29, 0.717) is 12.6 Å². The number of nitrogens with one attached hydrogen (secondary N) is 2. The van der Waals surface area contributed by atoms with Gasteiger partial charge in [-0.2, -0.15) is 0 Å². The van der Waals surface area contributed by atoms with Crippen LogP contribution in [0.2, 0.25) is 5.02 Å². The number of nitrogens with zero attached hydrogens (tertiary/aromatic N) is 1. The van der Waals surface area contributed by atoms with E-state index in [2.05, 4.69) is 62.7 Å². The van der Waals surface area contributed by atoms with Crippen molar-refractivity contribution in [2.75, 3.05) is 32.7 Å². The van der Waals surface area contributed by atoms with E-state index in [9.17, 15) is 4.79 Å². The van der Waals surface area contributed by atoms with Gasteiger partial charge in [0, 0.05) is 48.3 Å². The van der Waals surface area contributed by atoms with Crippen LogP contribution in [0.25, 0.3) is 11.6 Å². The van der Waals surface area contributed by atoms with Crippen LogP contribution in [0.15, 0.2) is 52.0 Å². The SMILES string of the molecule is C[C@@H]1CN(CCNC(=O)C2=C(C3=Cc4cc(Cl)ccc4C3)Cc3cc(Br)ccc32)CCN1. The minimum atomic E-state index is 0.0270. The molecule has 6 heteroatoms. The predicted octanol–water partition coefficient (Wildman–Crippen LogP) is 4.46. The van der Waals surface area contributed by atoms with Gasteiger partial charge < -0.3 is 10.6 Å². The molecule has 5 rings (SSSR count). The lowest BCUT2D eigenvalue weighted by atomic mass is 9.98. The Bertz CT molecular complexity index is 1140. The Balaban J connectivity index is 1.38. The lowest BCUT2D eigenvalue weighted by Gasteiger charge is -2.31. The van der Waals surface area contributed by atoms with E-state index < -0.39 is 0 Å². The maximum absolute atomic E-state index is 13.4. The standard InChI is InChI=1S/C26H27BrClN3O/c1-16-15-31(8-6-29-16)9-7-30-26(32)25-23-5-3-21(27)12-20(23)14-24(25)19-10-17-2-4-22(28)13-18(17)11-19/h2-5,11-13,16,29H,6-10,14-15H2,1H3,(H,30,32)/t16-/m1/s1. The van der Waals surface area contributed by atoms with Crippen LogP contribution in [-0.4, -0.2) is 49.6 Å². The molecule has 2 aliphatic carbocycles. The molecule has 0 radical (unpaired) electrons. The van der Waals surface area contributed by atoms with Gasteiger partial charge >= 0.3 is 0 Å². The van der Waals surface area contributed by atoms with E-state index in [0.717, 1.165) is 70.8 Å². The van der Waals surface area contributed by atoms with Gasteiger partial charge in [0.2, 0.25) is 0 Å². The van der Waals surface area contributed by atoms with Gasteiger partial charge in [-0.25, -0.2) is 0 Å². The van der Waals surface area contributed by atoms with Crippen molar-refractivity contribution >= 4 is 45.1 Å². The molecule has 0 saturated carbocycles. The summed E-state index contributed by atoms with van der Waals surface area (Å²) in [6.45, 7) is 6.79. The summed E-state index contributed by atoms with van der Waals surface area (Å²) in [5.74, 6) is 0.0270. The van der Waals surface area contributed by atoms with Gasteiger partial charge in [-0.05, 0) is 77.4 Å². The summed E-state index contributed by atoms with van der Waals surface area (Å²) in [6.07, 6.45) is 3.82. The van der Waals surface area contributed by atoms with Crippen molar-refractivity contribution in [2.24, 2.45) is 0 Å². The monoisotopic (exact) mass is 511 g/mol. The Morgan fingerprint density at radius 2 is 2.09 bits per heavy atom. The van der Waals surface area contributed by atoms with Crippen LogP contribution in [0.1, 0.15) is 29.2 Å². The highest BCUT2D eigenvalue weighted by atomic mass is 79.9. The maximum atomic E-state index is 13.4. The van der Waals surface area contributed by atoms with Crippen LogP contribution in [0, 0.1) is 0 Å². The molecule has 1 fully saturated rings. The van der Waals surface area contributed by atoms with Gasteiger partial charge in [0.1, 0.15) is 0 Å². The van der Waals surface area contributed by atoms with Crippen molar-refractivity contribution in [2.45, 2.75) is 25.8 Å². The quantitative estimate of drug-likeness (QED) is 0.622. The number of fused-ring (bicyclic) bond motifs is 2. The molecular weight excluding hydrogens is 486 g/mol. The number of allylic oxidation sites excluding steroid dienone is 2. The van der Waals surface area contributed by atoms with Crippen LogP contribution < -0.4 is 10.6 Å². The fourth-order valence-electron chi connectivity index (χ4n) is 5.06. The number of carbonyl (C=O) groups is 1. The fourth-order valence-corrected chi connectivity index (χ4v) is 5.65. The molecule has 0 aromatic heterocycles. The molecular formula is C26H27BrClN3O. The average Bonchev–Trinajstić information content (AvgIpc) is 3.34. The topological polar surface area (TPSA) is 44.4 Å². The molecule has 32 heavy (non-hydrogen) atoms. The predicted molar refractivity (Wildman–Crippen MR) is 135 cm³/mol. The molecule has 3 aliphatic rings. The van der Waals surface area contributed by atoms with Gasteiger partial charge in [-0.15, -0.1) is 0 Å². The first-order valence-electron chi connectivity index (χ1n) is 11.2. The zero-order chi connectivity index (χ0) is 22.2. The number of rotatable bonds is 5.